The summed E-state index contributed by atoms with van der Waals surface area (Å²) in [5, 5.41) is 2.51. The van der Waals surface area contributed by atoms with Crippen molar-refractivity contribution >= 4 is 38.9 Å². The summed E-state index contributed by atoms with van der Waals surface area (Å²) in [6, 6.07) is 74.0. The Kier molecular flexibility index (Phi) is 7.53. The molecule has 0 saturated heterocycles. The van der Waals surface area contributed by atoms with Crippen molar-refractivity contribution in [2.45, 2.75) is 0 Å². The number of hydrogen-bond donors (Lipinski definition) is 0. The van der Waals surface area contributed by atoms with Crippen molar-refractivity contribution in [1.29, 1.82) is 0 Å². The molecule has 0 spiro atoms. The second-order valence-corrected chi connectivity index (χ2v) is 12.6. The van der Waals surface area contributed by atoms with Crippen LogP contribution in [0.2, 0.25) is 0 Å². The molecule has 2 nitrogen and oxygen atoms in total. The lowest BCUT2D eigenvalue weighted by molar-refractivity contribution is 1.18. The zero-order valence-corrected chi connectivity index (χ0v) is 27.5. The Balaban J connectivity index is 1.08. The van der Waals surface area contributed by atoms with Gasteiger partial charge in [-0.15, -0.1) is 0 Å². The number of hydrogen-bond acceptors (Lipinski definition) is 1. The summed E-state index contributed by atoms with van der Waals surface area (Å²) < 4.78 is 2.36. The van der Waals surface area contributed by atoms with Gasteiger partial charge in [0, 0.05) is 33.5 Å². The predicted octanol–water partition coefficient (Wildman–Crippen LogP) is 13.3. The van der Waals surface area contributed by atoms with Crippen LogP contribution in [-0.2, 0) is 0 Å². The predicted molar refractivity (Wildman–Crippen MR) is 212 cm³/mol. The van der Waals surface area contributed by atoms with Crippen LogP contribution in [0, 0.1) is 0 Å². The Morgan fingerprint density at radius 1 is 0.280 bits per heavy atom. The molecule has 236 valence electrons. The molecule has 1 aromatic heterocycles. The zero-order chi connectivity index (χ0) is 33.3. The average Bonchev–Trinajstić information content (AvgIpc) is 3.53. The second-order valence-electron chi connectivity index (χ2n) is 12.6. The fourth-order valence-corrected chi connectivity index (χ4v) is 7.15. The first-order valence-corrected chi connectivity index (χ1v) is 17.1. The van der Waals surface area contributed by atoms with E-state index in [9.17, 15) is 0 Å². The third kappa shape index (κ3) is 5.43. The molecule has 0 bridgehead atoms. The molecule has 9 aromatic rings. The Labute approximate surface area is 292 Å². The summed E-state index contributed by atoms with van der Waals surface area (Å²) in [6.07, 6.45) is 0. The van der Waals surface area contributed by atoms with E-state index in [1.165, 1.54) is 60.9 Å². The number of aromatic nitrogens is 1. The van der Waals surface area contributed by atoms with Crippen molar-refractivity contribution in [3.05, 3.63) is 206 Å². The first-order chi connectivity index (χ1) is 24.8. The maximum Gasteiger partial charge on any atom is 0.0541 e. The summed E-state index contributed by atoms with van der Waals surface area (Å²) in [4.78, 5) is 2.34. The maximum absolute atomic E-state index is 2.36. The van der Waals surface area contributed by atoms with Crippen LogP contribution in [0.5, 0.6) is 0 Å². The van der Waals surface area contributed by atoms with Gasteiger partial charge in [0.25, 0.3) is 0 Å². The lowest BCUT2D eigenvalue weighted by Gasteiger charge is -2.26. The second kappa shape index (κ2) is 12.8. The van der Waals surface area contributed by atoms with E-state index in [1.807, 2.05) is 0 Å². The van der Waals surface area contributed by atoms with Gasteiger partial charge in [-0.25, -0.2) is 0 Å². The minimum absolute atomic E-state index is 1.11. The third-order valence-electron chi connectivity index (χ3n) is 9.59. The molecule has 0 aliphatic carbocycles. The number of para-hydroxylation sites is 3. The van der Waals surface area contributed by atoms with Crippen LogP contribution in [0.3, 0.4) is 0 Å². The van der Waals surface area contributed by atoms with E-state index in [1.54, 1.807) is 0 Å². The topological polar surface area (TPSA) is 8.17 Å². The van der Waals surface area contributed by atoms with Gasteiger partial charge in [0.05, 0.1) is 11.0 Å². The summed E-state index contributed by atoms with van der Waals surface area (Å²) in [7, 11) is 0. The van der Waals surface area contributed by atoms with Crippen LogP contribution in [0.25, 0.3) is 60.9 Å². The monoisotopic (exact) mass is 638 g/mol. The maximum atomic E-state index is 2.36. The van der Waals surface area contributed by atoms with Crippen LogP contribution in [-0.4, -0.2) is 4.57 Å². The van der Waals surface area contributed by atoms with Gasteiger partial charge in [-0.2, -0.15) is 0 Å². The van der Waals surface area contributed by atoms with Gasteiger partial charge in [0.2, 0.25) is 0 Å². The lowest BCUT2D eigenvalue weighted by atomic mass is 9.99. The third-order valence-corrected chi connectivity index (χ3v) is 9.59. The van der Waals surface area contributed by atoms with E-state index in [-0.39, 0.29) is 0 Å². The molecule has 0 fully saturated rings. The molecule has 0 atom stereocenters. The normalized spacial score (nSPS) is 11.2. The SMILES string of the molecule is c1ccc(-c2ccc(-c3cccc(N(c4ccccc4)c4ccc(-c5ccc6c(c5)c5ccccc5n6-c5ccccc5)cc4)c3)cc2)cc1. The highest BCUT2D eigenvalue weighted by molar-refractivity contribution is 6.10. The highest BCUT2D eigenvalue weighted by atomic mass is 15.1. The minimum Gasteiger partial charge on any atom is -0.310 e. The van der Waals surface area contributed by atoms with Crippen molar-refractivity contribution in [3.8, 4) is 39.1 Å². The highest BCUT2D eigenvalue weighted by Gasteiger charge is 2.16. The van der Waals surface area contributed by atoms with Gasteiger partial charge in [-0.3, -0.25) is 0 Å². The van der Waals surface area contributed by atoms with Crippen LogP contribution in [0.4, 0.5) is 17.1 Å². The van der Waals surface area contributed by atoms with E-state index in [0.717, 1.165) is 17.1 Å². The Morgan fingerprint density at radius 2 is 0.740 bits per heavy atom. The van der Waals surface area contributed by atoms with Crippen LogP contribution < -0.4 is 4.90 Å². The molecule has 9 rings (SSSR count). The molecule has 8 aromatic carbocycles. The zero-order valence-electron chi connectivity index (χ0n) is 27.5. The molecule has 0 aliphatic rings. The fraction of sp³-hybridized carbons (Fsp3) is 0. The summed E-state index contributed by atoms with van der Waals surface area (Å²) >= 11 is 0. The van der Waals surface area contributed by atoms with Gasteiger partial charge in [0.15, 0.2) is 0 Å². The van der Waals surface area contributed by atoms with Crippen molar-refractivity contribution in [1.82, 2.24) is 4.57 Å². The first-order valence-electron chi connectivity index (χ1n) is 17.1. The Hall–Kier alpha value is -6.64. The molecule has 0 radical (unpaired) electrons. The average molecular weight is 639 g/mol. The van der Waals surface area contributed by atoms with Gasteiger partial charge in [-0.1, -0.05) is 140 Å². The van der Waals surface area contributed by atoms with Crippen LogP contribution in [0.15, 0.2) is 206 Å². The van der Waals surface area contributed by atoms with Crippen molar-refractivity contribution in [3.63, 3.8) is 0 Å². The summed E-state index contributed by atoms with van der Waals surface area (Å²) in [5.74, 6) is 0. The van der Waals surface area contributed by atoms with Gasteiger partial charge in [0.1, 0.15) is 0 Å². The molecule has 0 N–H and O–H groups in total. The van der Waals surface area contributed by atoms with Crippen molar-refractivity contribution < 1.29 is 0 Å². The standard InChI is InChI=1S/C48H34N2/c1-4-13-35(14-5-1)36-23-25-37(26-24-36)39-15-12-20-44(33-39)49(41-16-6-2-7-17-41)43-30-27-38(28-31-43)40-29-32-48-46(34-40)45-21-10-11-22-47(45)50(48)42-18-8-3-9-19-42/h1-34H. The number of rotatable bonds is 7. The smallest absolute Gasteiger partial charge is 0.0541 e. The fourth-order valence-electron chi connectivity index (χ4n) is 7.15. The van der Waals surface area contributed by atoms with E-state index in [4.69, 9.17) is 0 Å². The molecular weight excluding hydrogens is 605 g/mol. The van der Waals surface area contributed by atoms with E-state index in [0.29, 0.717) is 0 Å². The molecule has 0 amide bonds. The van der Waals surface area contributed by atoms with Crippen LogP contribution >= 0.6 is 0 Å². The number of nitrogens with zero attached hydrogens (tertiary/aromatic N) is 2. The van der Waals surface area contributed by atoms with Crippen LogP contribution in [0.1, 0.15) is 0 Å². The van der Waals surface area contributed by atoms with Gasteiger partial charge in [-0.05, 0) is 100 Å². The van der Waals surface area contributed by atoms with E-state index >= 15 is 0 Å². The van der Waals surface area contributed by atoms with E-state index < -0.39 is 0 Å². The van der Waals surface area contributed by atoms with Crippen molar-refractivity contribution in [2.24, 2.45) is 0 Å². The largest absolute Gasteiger partial charge is 0.310 e. The summed E-state index contributed by atoms with van der Waals surface area (Å²) in [5.41, 5.74) is 14.2. The first kappa shape index (κ1) is 29.5. The molecule has 50 heavy (non-hydrogen) atoms. The molecule has 0 unspecified atom stereocenters. The Morgan fingerprint density at radius 3 is 1.46 bits per heavy atom. The number of fused-ring (bicyclic) bond motifs is 3. The number of benzene rings is 8. The molecule has 1 heterocycles. The molecule has 0 aliphatic heterocycles. The van der Waals surface area contributed by atoms with E-state index in [2.05, 4.69) is 216 Å². The molecule has 0 saturated carbocycles. The van der Waals surface area contributed by atoms with Crippen molar-refractivity contribution in [2.75, 3.05) is 4.90 Å². The summed E-state index contributed by atoms with van der Waals surface area (Å²) in [6.45, 7) is 0. The lowest BCUT2D eigenvalue weighted by Crippen LogP contribution is -2.09. The quantitative estimate of drug-likeness (QED) is 0.169. The van der Waals surface area contributed by atoms with Gasteiger partial charge < -0.3 is 9.47 Å². The highest BCUT2D eigenvalue weighted by Crippen LogP contribution is 2.39. The Bertz CT molecular complexity index is 2550. The van der Waals surface area contributed by atoms with Gasteiger partial charge >= 0.3 is 0 Å². The number of anilines is 3. The minimum atomic E-state index is 1.11. The molecular formula is C48H34N2. The molecule has 2 heteroatoms.